The number of carboxylic acid groups (broad SMARTS) is 1. The van der Waals surface area contributed by atoms with E-state index in [9.17, 15) is 14.7 Å². The van der Waals surface area contributed by atoms with Crippen molar-refractivity contribution in [1.82, 2.24) is 10.2 Å². The summed E-state index contributed by atoms with van der Waals surface area (Å²) in [6, 6.07) is -0.686. The lowest BCUT2D eigenvalue weighted by Gasteiger charge is -2.38. The van der Waals surface area contributed by atoms with Crippen molar-refractivity contribution < 1.29 is 14.7 Å². The van der Waals surface area contributed by atoms with Crippen LogP contribution < -0.4 is 5.32 Å². The molecule has 0 saturated carbocycles. The van der Waals surface area contributed by atoms with Crippen molar-refractivity contribution >= 4 is 23.8 Å². The van der Waals surface area contributed by atoms with Crippen LogP contribution in [0.5, 0.6) is 0 Å². The summed E-state index contributed by atoms with van der Waals surface area (Å²) in [4.78, 5) is 25.1. The number of piperidine rings is 1. The smallest absolute Gasteiger partial charge is 0.326 e. The van der Waals surface area contributed by atoms with Gasteiger partial charge in [-0.2, -0.15) is 11.8 Å². The lowest BCUT2D eigenvalue weighted by atomic mass is 9.91. The highest BCUT2D eigenvalue weighted by Gasteiger charge is 2.37. The average Bonchev–Trinajstić information content (AvgIpc) is 2.39. The molecule has 0 spiro atoms. The lowest BCUT2D eigenvalue weighted by Crippen LogP contribution is -2.57. The molecule has 0 bridgehead atoms. The number of rotatable bonds is 2. The molecule has 2 fully saturated rings. The van der Waals surface area contributed by atoms with Crippen LogP contribution >= 0.6 is 11.8 Å². The minimum absolute atomic E-state index is 0.0257. The summed E-state index contributed by atoms with van der Waals surface area (Å²) in [5.74, 6) is 1.23. The fraction of sp³-hybridized carbons (Fsp3) is 0.846. The van der Waals surface area contributed by atoms with E-state index in [2.05, 4.69) is 5.32 Å². The fourth-order valence-electron chi connectivity index (χ4n) is 2.90. The van der Waals surface area contributed by atoms with E-state index in [0.717, 1.165) is 37.2 Å². The van der Waals surface area contributed by atoms with Crippen LogP contribution in [0, 0.1) is 5.92 Å². The predicted molar refractivity (Wildman–Crippen MR) is 75.4 cm³/mol. The Labute approximate surface area is 118 Å². The molecular formula is C13H22N2O3S. The van der Waals surface area contributed by atoms with Gasteiger partial charge in [0.25, 0.3) is 0 Å². The minimum atomic E-state index is -0.889. The van der Waals surface area contributed by atoms with Gasteiger partial charge in [0.15, 0.2) is 0 Å². The van der Waals surface area contributed by atoms with Gasteiger partial charge in [0, 0.05) is 18.3 Å². The van der Waals surface area contributed by atoms with E-state index in [1.807, 2.05) is 18.7 Å². The Bertz CT molecular complexity index is 345. The standard InChI is InChI=1S/C13H22N2O3S/c1-9-4-2-6-15(11(9)12(16)17)13(18)14-10-5-3-7-19-8-10/h9-11H,2-8H2,1H3,(H,14,18)(H,16,17). The number of carbonyl (C=O) groups is 2. The number of urea groups is 1. The molecule has 108 valence electrons. The highest BCUT2D eigenvalue weighted by molar-refractivity contribution is 7.99. The zero-order valence-electron chi connectivity index (χ0n) is 11.3. The van der Waals surface area contributed by atoms with E-state index in [1.54, 1.807) is 0 Å². The summed E-state index contributed by atoms with van der Waals surface area (Å²) in [7, 11) is 0. The van der Waals surface area contributed by atoms with Crippen LogP contribution in [0.15, 0.2) is 0 Å². The maximum atomic E-state index is 12.3. The molecule has 2 aliphatic heterocycles. The first-order valence-electron chi connectivity index (χ1n) is 6.97. The highest BCUT2D eigenvalue weighted by Crippen LogP contribution is 2.24. The molecule has 0 aromatic carbocycles. The van der Waals surface area contributed by atoms with Crippen LogP contribution in [0.4, 0.5) is 4.79 Å². The van der Waals surface area contributed by atoms with Crippen LogP contribution in [0.1, 0.15) is 32.6 Å². The molecule has 5 nitrogen and oxygen atoms in total. The van der Waals surface area contributed by atoms with Crippen LogP contribution in [0.25, 0.3) is 0 Å². The Hall–Kier alpha value is -0.910. The summed E-state index contributed by atoms with van der Waals surface area (Å²) >= 11 is 1.85. The fourth-order valence-corrected chi connectivity index (χ4v) is 3.98. The summed E-state index contributed by atoms with van der Waals surface area (Å²) in [5.41, 5.74) is 0. The lowest BCUT2D eigenvalue weighted by molar-refractivity contribution is -0.145. The van der Waals surface area contributed by atoms with Gasteiger partial charge in [0.1, 0.15) is 6.04 Å². The van der Waals surface area contributed by atoms with Gasteiger partial charge in [-0.3, -0.25) is 0 Å². The number of thioether (sulfide) groups is 1. The van der Waals surface area contributed by atoms with Crippen molar-refractivity contribution in [3.05, 3.63) is 0 Å². The Morgan fingerprint density at radius 3 is 2.74 bits per heavy atom. The first kappa shape index (κ1) is 14.5. The van der Waals surface area contributed by atoms with Gasteiger partial charge in [-0.15, -0.1) is 0 Å². The Morgan fingerprint density at radius 2 is 2.11 bits per heavy atom. The van der Waals surface area contributed by atoms with E-state index in [4.69, 9.17) is 0 Å². The topological polar surface area (TPSA) is 69.6 Å². The number of nitrogens with zero attached hydrogens (tertiary/aromatic N) is 1. The van der Waals surface area contributed by atoms with Crippen LogP contribution in [0.2, 0.25) is 0 Å². The molecule has 2 heterocycles. The van der Waals surface area contributed by atoms with E-state index < -0.39 is 12.0 Å². The molecule has 0 aliphatic carbocycles. The number of aliphatic carboxylic acids is 1. The van der Waals surface area contributed by atoms with Crippen molar-refractivity contribution in [3.8, 4) is 0 Å². The van der Waals surface area contributed by atoms with Crippen LogP contribution in [-0.2, 0) is 4.79 Å². The second-order valence-electron chi connectivity index (χ2n) is 5.46. The monoisotopic (exact) mass is 286 g/mol. The maximum Gasteiger partial charge on any atom is 0.326 e. The zero-order valence-corrected chi connectivity index (χ0v) is 12.1. The largest absolute Gasteiger partial charge is 0.480 e. The summed E-state index contributed by atoms with van der Waals surface area (Å²) < 4.78 is 0. The first-order valence-corrected chi connectivity index (χ1v) is 8.12. The minimum Gasteiger partial charge on any atom is -0.480 e. The molecule has 0 aromatic rings. The third-order valence-corrected chi connectivity index (χ3v) is 5.15. The van der Waals surface area contributed by atoms with E-state index >= 15 is 0 Å². The molecule has 2 N–H and O–H groups in total. The second-order valence-corrected chi connectivity index (χ2v) is 6.61. The molecule has 0 radical (unpaired) electrons. The second kappa shape index (κ2) is 6.50. The zero-order chi connectivity index (χ0) is 13.8. The van der Waals surface area contributed by atoms with Crippen LogP contribution in [-0.4, -0.2) is 52.1 Å². The van der Waals surface area contributed by atoms with Gasteiger partial charge in [-0.25, -0.2) is 9.59 Å². The number of nitrogens with one attached hydrogen (secondary N) is 1. The van der Waals surface area contributed by atoms with Gasteiger partial charge >= 0.3 is 12.0 Å². The number of hydrogen-bond donors (Lipinski definition) is 2. The highest BCUT2D eigenvalue weighted by atomic mass is 32.2. The van der Waals surface area contributed by atoms with Crippen molar-refractivity contribution in [2.45, 2.75) is 44.7 Å². The number of likely N-dealkylation sites (tertiary alicyclic amines) is 1. The molecular weight excluding hydrogens is 264 g/mol. The van der Waals surface area contributed by atoms with Crippen LogP contribution in [0.3, 0.4) is 0 Å². The summed E-state index contributed by atoms with van der Waals surface area (Å²) in [6.07, 6.45) is 3.88. The van der Waals surface area contributed by atoms with Gasteiger partial charge in [0.2, 0.25) is 0 Å². The van der Waals surface area contributed by atoms with E-state index in [0.29, 0.717) is 6.54 Å². The number of hydrogen-bond acceptors (Lipinski definition) is 3. The van der Waals surface area contributed by atoms with Crippen molar-refractivity contribution in [2.24, 2.45) is 5.92 Å². The SMILES string of the molecule is CC1CCCN(C(=O)NC2CCCSC2)C1C(=O)O. The molecule has 6 heteroatoms. The van der Waals surface area contributed by atoms with Crippen molar-refractivity contribution in [3.63, 3.8) is 0 Å². The summed E-state index contributed by atoms with van der Waals surface area (Å²) in [5, 5.41) is 12.3. The molecule has 2 saturated heterocycles. The Kier molecular flexibility index (Phi) is 4.96. The number of amides is 2. The normalized spacial score (nSPS) is 31.8. The van der Waals surface area contributed by atoms with Crippen molar-refractivity contribution in [2.75, 3.05) is 18.1 Å². The maximum absolute atomic E-state index is 12.3. The molecule has 2 rings (SSSR count). The molecule has 2 amide bonds. The molecule has 2 aliphatic rings. The van der Waals surface area contributed by atoms with Crippen molar-refractivity contribution in [1.29, 1.82) is 0 Å². The van der Waals surface area contributed by atoms with E-state index in [-0.39, 0.29) is 18.0 Å². The molecule has 3 atom stereocenters. The van der Waals surface area contributed by atoms with Gasteiger partial charge in [-0.05, 0) is 37.4 Å². The number of carbonyl (C=O) groups excluding carboxylic acids is 1. The molecule has 3 unspecified atom stereocenters. The third-order valence-electron chi connectivity index (χ3n) is 3.94. The number of carboxylic acids is 1. The Morgan fingerprint density at radius 1 is 1.32 bits per heavy atom. The molecule has 0 aromatic heterocycles. The predicted octanol–water partition coefficient (Wildman–Crippen LogP) is 1.78. The van der Waals surface area contributed by atoms with E-state index in [1.165, 1.54) is 4.90 Å². The van der Waals surface area contributed by atoms with Gasteiger partial charge in [-0.1, -0.05) is 6.92 Å². The quantitative estimate of drug-likeness (QED) is 0.812. The summed E-state index contributed by atoms with van der Waals surface area (Å²) in [6.45, 7) is 2.46. The third kappa shape index (κ3) is 3.55. The molecule has 19 heavy (non-hydrogen) atoms. The first-order chi connectivity index (χ1) is 9.09. The average molecular weight is 286 g/mol. The van der Waals surface area contributed by atoms with Gasteiger partial charge < -0.3 is 15.3 Å². The Balaban J connectivity index is 1.97. The van der Waals surface area contributed by atoms with Gasteiger partial charge in [0.05, 0.1) is 0 Å².